The lowest BCUT2D eigenvalue weighted by Gasteiger charge is -2.04. The van der Waals surface area contributed by atoms with Gasteiger partial charge in [-0.2, -0.15) is 0 Å². The van der Waals surface area contributed by atoms with E-state index >= 15 is 0 Å². The highest BCUT2D eigenvalue weighted by Crippen LogP contribution is 2.23. The molecule has 0 saturated heterocycles. The summed E-state index contributed by atoms with van der Waals surface area (Å²) in [7, 11) is 0. The molecule has 0 aliphatic carbocycles. The molecule has 2 aromatic carbocycles. The molecule has 134 valence electrons. The molecule has 3 rings (SSSR count). The summed E-state index contributed by atoms with van der Waals surface area (Å²) >= 11 is 0. The first-order chi connectivity index (χ1) is 12.9. The van der Waals surface area contributed by atoms with Gasteiger partial charge < -0.3 is 14.9 Å². The molecule has 0 aliphatic rings. The van der Waals surface area contributed by atoms with Gasteiger partial charge in [0.2, 0.25) is 5.69 Å². The van der Waals surface area contributed by atoms with E-state index in [0.717, 1.165) is 6.07 Å². The molecule has 0 bridgehead atoms. The molecule has 0 saturated carbocycles. The maximum Gasteiger partial charge on any atom is 0.362 e. The summed E-state index contributed by atoms with van der Waals surface area (Å²) in [6.45, 7) is 0. The number of aromatic nitrogens is 3. The minimum absolute atomic E-state index is 0.00840. The lowest BCUT2D eigenvalue weighted by molar-refractivity contribution is 0.0680. The minimum Gasteiger partial charge on any atom is -0.478 e. The van der Waals surface area contributed by atoms with Crippen molar-refractivity contribution in [1.82, 2.24) is 15.4 Å². The molecule has 0 radical (unpaired) electrons. The molecule has 3 aromatic rings. The quantitative estimate of drug-likeness (QED) is 0.605. The maximum atomic E-state index is 13.8. The number of ether oxygens (including phenoxy) is 1. The monoisotopic (exact) mass is 367 g/mol. The minimum atomic E-state index is -1.35. The first-order valence-electron chi connectivity index (χ1n) is 7.40. The summed E-state index contributed by atoms with van der Waals surface area (Å²) in [5.41, 5.74) is 0.504. The van der Waals surface area contributed by atoms with Crippen LogP contribution < -0.4 is 4.74 Å². The van der Waals surface area contributed by atoms with Crippen LogP contribution in [0.4, 0.5) is 4.39 Å². The second-order valence-corrected chi connectivity index (χ2v) is 5.20. The molecule has 1 aromatic heterocycles. The Morgan fingerprint density at radius 2 is 1.70 bits per heavy atom. The van der Waals surface area contributed by atoms with Gasteiger partial charge in [-0.15, -0.1) is 5.10 Å². The zero-order valence-corrected chi connectivity index (χ0v) is 13.4. The normalized spacial score (nSPS) is 9.96. The molecule has 0 aliphatic heterocycles. The predicted octanol–water partition coefficient (Wildman–Crippen LogP) is 2.53. The molecule has 27 heavy (non-hydrogen) atoms. The molecule has 3 N–H and O–H groups in total. The number of carboxylic acid groups (broad SMARTS) is 2. The molecular formula is C18H10FN3O5. The van der Waals surface area contributed by atoms with Gasteiger partial charge in [0.25, 0.3) is 5.88 Å². The molecule has 0 fully saturated rings. The van der Waals surface area contributed by atoms with Crippen molar-refractivity contribution in [3.8, 4) is 23.5 Å². The summed E-state index contributed by atoms with van der Waals surface area (Å²) in [5.74, 6) is 2.25. The largest absolute Gasteiger partial charge is 0.478 e. The van der Waals surface area contributed by atoms with E-state index < -0.39 is 23.4 Å². The van der Waals surface area contributed by atoms with Crippen LogP contribution >= 0.6 is 0 Å². The first-order valence-corrected chi connectivity index (χ1v) is 7.40. The van der Waals surface area contributed by atoms with Crippen LogP contribution in [0.3, 0.4) is 0 Å². The number of rotatable bonds is 4. The number of benzene rings is 2. The third-order valence-corrected chi connectivity index (χ3v) is 3.29. The van der Waals surface area contributed by atoms with Crippen molar-refractivity contribution in [3.63, 3.8) is 0 Å². The second kappa shape index (κ2) is 7.37. The van der Waals surface area contributed by atoms with Crippen LogP contribution in [0.2, 0.25) is 0 Å². The lowest BCUT2D eigenvalue weighted by Crippen LogP contribution is -2.00. The standard InChI is InChI=1S/C18H10FN3O5/c19-13-7-11(2-1-10-3-5-12(6-4-10)17(23)24)8-14(9-13)27-16-15(18(25)26)20-22-21-16/h3-9H,(H,23,24)(H,25,26)(H,20,21,22). The van der Waals surface area contributed by atoms with Crippen molar-refractivity contribution in [2.45, 2.75) is 0 Å². The van der Waals surface area contributed by atoms with E-state index in [1.54, 1.807) is 0 Å². The average Bonchev–Trinajstić information content (AvgIpc) is 3.08. The lowest BCUT2D eigenvalue weighted by atomic mass is 10.1. The number of hydrogen-bond acceptors (Lipinski definition) is 5. The summed E-state index contributed by atoms with van der Waals surface area (Å²) < 4.78 is 19.1. The highest BCUT2D eigenvalue weighted by Gasteiger charge is 2.17. The van der Waals surface area contributed by atoms with Crippen LogP contribution in [0.15, 0.2) is 42.5 Å². The van der Waals surface area contributed by atoms with Gasteiger partial charge in [0.1, 0.15) is 11.6 Å². The Bertz CT molecular complexity index is 1080. The number of hydrogen-bond donors (Lipinski definition) is 3. The fraction of sp³-hybridized carbons (Fsp3) is 0. The van der Waals surface area contributed by atoms with Gasteiger partial charge >= 0.3 is 11.9 Å². The van der Waals surface area contributed by atoms with Gasteiger partial charge in [0, 0.05) is 17.2 Å². The van der Waals surface area contributed by atoms with Gasteiger partial charge in [0.05, 0.1) is 5.56 Å². The van der Waals surface area contributed by atoms with Crippen molar-refractivity contribution >= 4 is 11.9 Å². The number of aromatic amines is 1. The summed E-state index contributed by atoms with van der Waals surface area (Å²) in [5, 5.41) is 26.8. The van der Waals surface area contributed by atoms with Gasteiger partial charge in [0.15, 0.2) is 0 Å². The Morgan fingerprint density at radius 3 is 2.37 bits per heavy atom. The number of aromatic carboxylic acids is 2. The van der Waals surface area contributed by atoms with E-state index in [4.69, 9.17) is 14.9 Å². The number of carbonyl (C=O) groups is 2. The molecule has 0 amide bonds. The summed E-state index contributed by atoms with van der Waals surface area (Å²) in [6, 6.07) is 9.52. The highest BCUT2D eigenvalue weighted by atomic mass is 19.1. The average molecular weight is 367 g/mol. The Morgan fingerprint density at radius 1 is 1.00 bits per heavy atom. The molecule has 0 unspecified atom stereocenters. The van der Waals surface area contributed by atoms with Crippen LogP contribution in [-0.2, 0) is 0 Å². The van der Waals surface area contributed by atoms with Gasteiger partial charge in [-0.05, 0) is 36.4 Å². The Hall–Kier alpha value is -4.19. The van der Waals surface area contributed by atoms with Crippen molar-refractivity contribution in [2.24, 2.45) is 0 Å². The number of nitrogens with zero attached hydrogens (tertiary/aromatic N) is 2. The zero-order valence-electron chi connectivity index (χ0n) is 13.4. The fourth-order valence-electron chi connectivity index (χ4n) is 2.08. The zero-order chi connectivity index (χ0) is 19.4. The summed E-state index contributed by atoms with van der Waals surface area (Å²) in [6.07, 6.45) is 0. The Balaban J connectivity index is 1.85. The number of nitrogens with one attached hydrogen (secondary N) is 1. The topological polar surface area (TPSA) is 125 Å². The van der Waals surface area contributed by atoms with Crippen LogP contribution in [-0.4, -0.2) is 37.6 Å². The van der Waals surface area contributed by atoms with Gasteiger partial charge in [-0.1, -0.05) is 17.1 Å². The van der Waals surface area contributed by atoms with E-state index in [0.29, 0.717) is 5.56 Å². The van der Waals surface area contributed by atoms with E-state index in [1.807, 2.05) is 0 Å². The SMILES string of the molecule is O=C(O)c1ccc(C#Cc2cc(F)cc(Oc3[nH]nnc3C(=O)O)c2)cc1. The molecular weight excluding hydrogens is 357 g/mol. The van der Waals surface area contributed by atoms with Crippen LogP contribution in [0, 0.1) is 17.7 Å². The third-order valence-electron chi connectivity index (χ3n) is 3.29. The molecule has 0 spiro atoms. The fourth-order valence-corrected chi connectivity index (χ4v) is 2.08. The smallest absolute Gasteiger partial charge is 0.362 e. The van der Waals surface area contributed by atoms with Crippen molar-refractivity contribution in [3.05, 3.63) is 70.7 Å². The van der Waals surface area contributed by atoms with Crippen LogP contribution in [0.25, 0.3) is 0 Å². The Labute approximate surface area is 151 Å². The van der Waals surface area contributed by atoms with Crippen molar-refractivity contribution < 1.29 is 28.9 Å². The second-order valence-electron chi connectivity index (χ2n) is 5.20. The van der Waals surface area contributed by atoms with E-state index in [1.165, 1.54) is 36.4 Å². The van der Waals surface area contributed by atoms with Crippen molar-refractivity contribution in [1.29, 1.82) is 0 Å². The van der Waals surface area contributed by atoms with Gasteiger partial charge in [-0.25, -0.2) is 19.1 Å². The van der Waals surface area contributed by atoms with Crippen LogP contribution in [0.5, 0.6) is 11.6 Å². The molecule has 9 heteroatoms. The molecule has 1 heterocycles. The van der Waals surface area contributed by atoms with E-state index in [9.17, 15) is 14.0 Å². The highest BCUT2D eigenvalue weighted by molar-refractivity contribution is 5.88. The predicted molar refractivity (Wildman–Crippen MR) is 89.2 cm³/mol. The van der Waals surface area contributed by atoms with Crippen LogP contribution in [0.1, 0.15) is 32.0 Å². The summed E-state index contributed by atoms with van der Waals surface area (Å²) in [4.78, 5) is 21.8. The van der Waals surface area contributed by atoms with Crippen molar-refractivity contribution in [2.75, 3.05) is 0 Å². The number of halogens is 1. The third kappa shape index (κ3) is 4.26. The maximum absolute atomic E-state index is 13.8. The molecule has 8 nitrogen and oxygen atoms in total. The van der Waals surface area contributed by atoms with E-state index in [-0.39, 0.29) is 22.8 Å². The number of carboxylic acids is 2. The number of H-pyrrole nitrogens is 1. The Kier molecular flexibility index (Phi) is 4.81. The molecule has 0 atom stereocenters. The van der Waals surface area contributed by atoms with Gasteiger partial charge in [-0.3, -0.25) is 0 Å². The van der Waals surface area contributed by atoms with E-state index in [2.05, 4.69) is 27.3 Å². The first kappa shape index (κ1) is 17.6.